The molecule has 0 spiro atoms. The summed E-state index contributed by atoms with van der Waals surface area (Å²) in [6, 6.07) is 5.16. The number of ether oxygens (including phenoxy) is 2. The van der Waals surface area contributed by atoms with Crippen molar-refractivity contribution >= 4 is 11.9 Å². The van der Waals surface area contributed by atoms with Crippen LogP contribution >= 0.6 is 0 Å². The molecule has 0 amide bonds. The highest BCUT2D eigenvalue weighted by atomic mass is 16.5. The standard InChI is InChI=1S/C14H18O4/c1-4-5-6-10-7-8-11(13(15)17-2)12(9-10)14(16)18-3/h7-9H,4-6H2,1-3H3. The van der Waals surface area contributed by atoms with Gasteiger partial charge in [-0.1, -0.05) is 19.4 Å². The SMILES string of the molecule is CCCCc1ccc(C(=O)OC)c(C(=O)OC)c1. The van der Waals surface area contributed by atoms with Gasteiger partial charge in [-0.2, -0.15) is 0 Å². The molecule has 4 heteroatoms. The van der Waals surface area contributed by atoms with Crippen LogP contribution in [0.4, 0.5) is 0 Å². The molecule has 0 saturated carbocycles. The third-order valence-electron chi connectivity index (χ3n) is 2.71. The number of carbonyl (C=O) groups is 2. The summed E-state index contributed by atoms with van der Waals surface area (Å²) in [7, 11) is 2.58. The summed E-state index contributed by atoms with van der Waals surface area (Å²) in [5.74, 6) is -1.05. The summed E-state index contributed by atoms with van der Waals surface area (Å²) in [4.78, 5) is 23.2. The van der Waals surface area contributed by atoms with E-state index in [1.54, 1.807) is 12.1 Å². The van der Waals surface area contributed by atoms with Crippen LogP contribution in [0.25, 0.3) is 0 Å². The maximum Gasteiger partial charge on any atom is 0.338 e. The molecule has 0 heterocycles. The molecule has 0 saturated heterocycles. The van der Waals surface area contributed by atoms with Gasteiger partial charge in [-0.25, -0.2) is 9.59 Å². The zero-order valence-corrected chi connectivity index (χ0v) is 11.0. The van der Waals surface area contributed by atoms with Gasteiger partial charge >= 0.3 is 11.9 Å². The van der Waals surface area contributed by atoms with E-state index in [4.69, 9.17) is 0 Å². The van der Waals surface area contributed by atoms with Crippen LogP contribution in [0.2, 0.25) is 0 Å². The minimum absolute atomic E-state index is 0.240. The van der Waals surface area contributed by atoms with Crippen molar-refractivity contribution in [2.45, 2.75) is 26.2 Å². The molecular weight excluding hydrogens is 232 g/mol. The van der Waals surface area contributed by atoms with Crippen LogP contribution in [0.3, 0.4) is 0 Å². The molecular formula is C14H18O4. The van der Waals surface area contributed by atoms with Crippen molar-refractivity contribution < 1.29 is 19.1 Å². The van der Waals surface area contributed by atoms with Gasteiger partial charge in [0.15, 0.2) is 0 Å². The number of unbranched alkanes of at least 4 members (excludes halogenated alkanes) is 1. The van der Waals surface area contributed by atoms with Gasteiger partial charge in [0.2, 0.25) is 0 Å². The van der Waals surface area contributed by atoms with E-state index in [1.807, 2.05) is 6.07 Å². The monoisotopic (exact) mass is 250 g/mol. The highest BCUT2D eigenvalue weighted by Gasteiger charge is 2.18. The van der Waals surface area contributed by atoms with Crippen molar-refractivity contribution in [3.05, 3.63) is 34.9 Å². The second-order valence-electron chi connectivity index (χ2n) is 3.97. The van der Waals surface area contributed by atoms with E-state index in [9.17, 15) is 9.59 Å². The topological polar surface area (TPSA) is 52.6 Å². The predicted octanol–water partition coefficient (Wildman–Crippen LogP) is 2.60. The Hall–Kier alpha value is -1.84. The minimum Gasteiger partial charge on any atom is -0.465 e. The Labute approximate surface area is 107 Å². The Morgan fingerprint density at radius 3 is 2.22 bits per heavy atom. The Bertz CT molecular complexity index is 437. The first-order chi connectivity index (χ1) is 8.63. The zero-order chi connectivity index (χ0) is 13.5. The van der Waals surface area contributed by atoms with E-state index in [2.05, 4.69) is 16.4 Å². The van der Waals surface area contributed by atoms with Crippen LogP contribution in [0, 0.1) is 0 Å². The molecule has 0 aromatic heterocycles. The molecule has 4 nitrogen and oxygen atoms in total. The Kier molecular flexibility index (Phi) is 5.36. The average molecular weight is 250 g/mol. The fourth-order valence-electron chi connectivity index (χ4n) is 1.69. The van der Waals surface area contributed by atoms with E-state index in [0.29, 0.717) is 0 Å². The lowest BCUT2D eigenvalue weighted by atomic mass is 10.0. The minimum atomic E-state index is -0.530. The number of esters is 2. The van der Waals surface area contributed by atoms with Gasteiger partial charge in [-0.3, -0.25) is 0 Å². The zero-order valence-electron chi connectivity index (χ0n) is 11.0. The van der Waals surface area contributed by atoms with Gasteiger partial charge in [-0.05, 0) is 30.5 Å². The predicted molar refractivity (Wildman–Crippen MR) is 67.7 cm³/mol. The smallest absolute Gasteiger partial charge is 0.338 e. The molecule has 0 bridgehead atoms. The van der Waals surface area contributed by atoms with Crippen LogP contribution in [0.15, 0.2) is 18.2 Å². The lowest BCUT2D eigenvalue weighted by molar-refractivity contribution is 0.0555. The Morgan fingerprint density at radius 1 is 1.06 bits per heavy atom. The Morgan fingerprint density at radius 2 is 1.67 bits per heavy atom. The van der Waals surface area contributed by atoms with Crippen molar-refractivity contribution in [2.75, 3.05) is 14.2 Å². The van der Waals surface area contributed by atoms with E-state index in [-0.39, 0.29) is 11.1 Å². The number of methoxy groups -OCH3 is 2. The largest absolute Gasteiger partial charge is 0.465 e. The van der Waals surface area contributed by atoms with Crippen LogP contribution in [0.1, 0.15) is 46.0 Å². The summed E-state index contributed by atoms with van der Waals surface area (Å²) in [5, 5.41) is 0. The van der Waals surface area contributed by atoms with Gasteiger partial charge in [-0.15, -0.1) is 0 Å². The summed E-state index contributed by atoms with van der Waals surface area (Å²) in [6.07, 6.45) is 2.99. The first-order valence-corrected chi connectivity index (χ1v) is 5.93. The number of aryl methyl sites for hydroxylation is 1. The fraction of sp³-hybridized carbons (Fsp3) is 0.429. The summed E-state index contributed by atoms with van der Waals surface area (Å²) in [6.45, 7) is 2.10. The number of rotatable bonds is 5. The first kappa shape index (κ1) is 14.2. The summed E-state index contributed by atoms with van der Waals surface area (Å²) < 4.78 is 9.33. The van der Waals surface area contributed by atoms with Crippen LogP contribution in [0.5, 0.6) is 0 Å². The molecule has 0 aliphatic heterocycles. The second-order valence-corrected chi connectivity index (χ2v) is 3.97. The maximum atomic E-state index is 11.7. The molecule has 1 rings (SSSR count). The normalized spacial score (nSPS) is 9.94. The van der Waals surface area contributed by atoms with Gasteiger partial charge < -0.3 is 9.47 Å². The van der Waals surface area contributed by atoms with Crippen molar-refractivity contribution in [3.63, 3.8) is 0 Å². The maximum absolute atomic E-state index is 11.7. The van der Waals surface area contributed by atoms with Gasteiger partial charge in [0.1, 0.15) is 0 Å². The third-order valence-corrected chi connectivity index (χ3v) is 2.71. The number of hydrogen-bond acceptors (Lipinski definition) is 4. The lowest BCUT2D eigenvalue weighted by Crippen LogP contribution is -2.12. The van der Waals surface area contributed by atoms with Gasteiger partial charge in [0.25, 0.3) is 0 Å². The average Bonchev–Trinajstić information content (AvgIpc) is 2.43. The Balaban J connectivity index is 3.12. The molecule has 1 aromatic rings. The fourth-order valence-corrected chi connectivity index (χ4v) is 1.69. The van der Waals surface area contributed by atoms with E-state index >= 15 is 0 Å². The van der Waals surface area contributed by atoms with Crippen molar-refractivity contribution in [1.29, 1.82) is 0 Å². The van der Waals surface area contributed by atoms with Crippen molar-refractivity contribution in [3.8, 4) is 0 Å². The van der Waals surface area contributed by atoms with Crippen LogP contribution in [-0.2, 0) is 15.9 Å². The molecule has 98 valence electrons. The van der Waals surface area contributed by atoms with Crippen molar-refractivity contribution in [1.82, 2.24) is 0 Å². The van der Waals surface area contributed by atoms with Gasteiger partial charge in [0.05, 0.1) is 25.3 Å². The molecule has 0 aliphatic carbocycles. The molecule has 0 unspecified atom stereocenters. The molecule has 0 atom stereocenters. The number of benzene rings is 1. The highest BCUT2D eigenvalue weighted by Crippen LogP contribution is 2.16. The van der Waals surface area contributed by atoms with E-state index in [1.165, 1.54) is 14.2 Å². The second kappa shape index (κ2) is 6.79. The molecule has 0 radical (unpaired) electrons. The quantitative estimate of drug-likeness (QED) is 0.754. The van der Waals surface area contributed by atoms with E-state index in [0.717, 1.165) is 24.8 Å². The third kappa shape index (κ3) is 3.32. The van der Waals surface area contributed by atoms with Crippen LogP contribution in [-0.4, -0.2) is 26.2 Å². The van der Waals surface area contributed by atoms with Crippen LogP contribution < -0.4 is 0 Å². The molecule has 0 N–H and O–H groups in total. The first-order valence-electron chi connectivity index (χ1n) is 5.93. The van der Waals surface area contributed by atoms with Crippen molar-refractivity contribution in [2.24, 2.45) is 0 Å². The molecule has 1 aromatic carbocycles. The summed E-state index contributed by atoms with van der Waals surface area (Å²) in [5.41, 5.74) is 1.52. The lowest BCUT2D eigenvalue weighted by Gasteiger charge is -2.08. The van der Waals surface area contributed by atoms with Gasteiger partial charge in [0, 0.05) is 0 Å². The van der Waals surface area contributed by atoms with E-state index < -0.39 is 11.9 Å². The molecule has 0 fully saturated rings. The number of hydrogen-bond donors (Lipinski definition) is 0. The molecule has 18 heavy (non-hydrogen) atoms. The summed E-state index contributed by atoms with van der Waals surface area (Å²) >= 11 is 0. The highest BCUT2D eigenvalue weighted by molar-refractivity contribution is 6.03. The number of carbonyl (C=O) groups excluding carboxylic acids is 2. The molecule has 0 aliphatic rings.